The third kappa shape index (κ3) is 3.49. The van der Waals surface area contributed by atoms with Gasteiger partial charge in [0.05, 0.1) is 23.4 Å². The van der Waals surface area contributed by atoms with Crippen LogP contribution in [0.3, 0.4) is 0 Å². The Kier molecular flexibility index (Phi) is 4.44. The molecule has 0 heterocycles. The lowest BCUT2D eigenvalue weighted by atomic mass is 10.2. The van der Waals surface area contributed by atoms with Crippen LogP contribution >= 0.6 is 11.6 Å². The van der Waals surface area contributed by atoms with Gasteiger partial charge in [-0.1, -0.05) is 17.7 Å². The fourth-order valence-electron chi connectivity index (χ4n) is 2.09. The van der Waals surface area contributed by atoms with Crippen molar-refractivity contribution in [3.05, 3.63) is 52.5 Å². The predicted molar refractivity (Wildman–Crippen MR) is 84.5 cm³/mol. The van der Waals surface area contributed by atoms with E-state index in [-0.39, 0.29) is 16.3 Å². The normalized spacial score (nSPS) is 11.4. The van der Waals surface area contributed by atoms with Crippen molar-refractivity contribution in [1.29, 1.82) is 0 Å². The van der Waals surface area contributed by atoms with Gasteiger partial charge in [-0.25, -0.2) is 8.42 Å². The molecule has 2 rings (SSSR count). The van der Waals surface area contributed by atoms with Gasteiger partial charge in [0.25, 0.3) is 0 Å². The van der Waals surface area contributed by atoms with E-state index in [0.717, 1.165) is 5.56 Å². The van der Waals surface area contributed by atoms with E-state index in [1.807, 2.05) is 6.92 Å². The van der Waals surface area contributed by atoms with Crippen molar-refractivity contribution < 1.29 is 13.2 Å². The molecule has 2 aromatic rings. The zero-order valence-corrected chi connectivity index (χ0v) is 13.3. The first-order valence-corrected chi connectivity index (χ1v) is 8.28. The summed E-state index contributed by atoms with van der Waals surface area (Å²) in [6.45, 7) is 1.85. The van der Waals surface area contributed by atoms with Gasteiger partial charge in [0.15, 0.2) is 9.84 Å². The van der Waals surface area contributed by atoms with E-state index in [4.69, 9.17) is 22.1 Å². The first-order chi connectivity index (χ1) is 9.83. The van der Waals surface area contributed by atoms with Crippen LogP contribution in [0.1, 0.15) is 11.1 Å². The lowest BCUT2D eigenvalue weighted by molar-refractivity contribution is 0.411. The zero-order valence-electron chi connectivity index (χ0n) is 11.8. The number of hydrogen-bond donors (Lipinski definition) is 1. The number of nitrogen functional groups attached to an aromatic ring is 1. The van der Waals surface area contributed by atoms with E-state index in [0.29, 0.717) is 16.3 Å². The van der Waals surface area contributed by atoms with Gasteiger partial charge in [0.1, 0.15) is 5.75 Å². The maximum atomic E-state index is 12.5. The largest absolute Gasteiger partial charge is 0.496 e. The highest BCUT2D eigenvalue weighted by atomic mass is 35.5. The Balaban J connectivity index is 2.44. The van der Waals surface area contributed by atoms with Crippen LogP contribution in [-0.4, -0.2) is 15.5 Å². The molecule has 0 saturated heterocycles. The summed E-state index contributed by atoms with van der Waals surface area (Å²) in [6.07, 6.45) is 0. The molecule has 0 saturated carbocycles. The number of rotatable bonds is 4. The first kappa shape index (κ1) is 15.7. The Morgan fingerprint density at radius 3 is 2.52 bits per heavy atom. The van der Waals surface area contributed by atoms with Gasteiger partial charge in [-0.05, 0) is 42.8 Å². The Bertz CT molecular complexity index is 772. The highest BCUT2D eigenvalue weighted by Crippen LogP contribution is 2.29. The summed E-state index contributed by atoms with van der Waals surface area (Å²) in [4.78, 5) is 0.120. The van der Waals surface area contributed by atoms with Crippen LogP contribution in [0.5, 0.6) is 5.75 Å². The summed E-state index contributed by atoms with van der Waals surface area (Å²) in [5.41, 5.74) is 7.49. The number of benzene rings is 2. The number of nitrogens with two attached hydrogens (primary N) is 1. The topological polar surface area (TPSA) is 69.4 Å². The molecule has 6 heteroatoms. The molecule has 0 aliphatic heterocycles. The monoisotopic (exact) mass is 325 g/mol. The average molecular weight is 326 g/mol. The minimum Gasteiger partial charge on any atom is -0.496 e. The molecular formula is C15H16ClNO3S. The minimum absolute atomic E-state index is 0.120. The lowest BCUT2D eigenvalue weighted by Gasteiger charge is -2.11. The fraction of sp³-hybridized carbons (Fsp3) is 0.200. The maximum absolute atomic E-state index is 12.5. The Labute approximate surface area is 129 Å². The molecule has 0 fully saturated rings. The average Bonchev–Trinajstić information content (AvgIpc) is 2.37. The van der Waals surface area contributed by atoms with Gasteiger partial charge in [0, 0.05) is 10.6 Å². The van der Waals surface area contributed by atoms with Crippen LogP contribution in [0.4, 0.5) is 5.69 Å². The predicted octanol–water partition coefficient (Wildman–Crippen LogP) is 3.21. The number of ether oxygens (including phenoxy) is 1. The molecule has 0 aliphatic carbocycles. The Morgan fingerprint density at radius 1 is 1.19 bits per heavy atom. The molecule has 21 heavy (non-hydrogen) atoms. The highest BCUT2D eigenvalue weighted by molar-refractivity contribution is 7.90. The second kappa shape index (κ2) is 5.95. The summed E-state index contributed by atoms with van der Waals surface area (Å²) < 4.78 is 30.2. The number of sulfone groups is 1. The number of aryl methyl sites for hydroxylation is 1. The summed E-state index contributed by atoms with van der Waals surface area (Å²) >= 11 is 5.93. The quantitative estimate of drug-likeness (QED) is 0.876. The standard InChI is InChI=1S/C15H16ClNO3S/c1-10-3-6-15(13(17)7-10)21(18,19)9-11-8-12(16)4-5-14(11)20-2/h3-8H,9,17H2,1-2H3. The van der Waals surface area contributed by atoms with E-state index in [2.05, 4.69) is 0 Å². The van der Waals surface area contributed by atoms with Crippen molar-refractivity contribution in [2.24, 2.45) is 0 Å². The molecule has 2 aromatic carbocycles. The third-order valence-electron chi connectivity index (χ3n) is 3.09. The van der Waals surface area contributed by atoms with Crippen molar-refractivity contribution in [2.75, 3.05) is 12.8 Å². The molecule has 0 radical (unpaired) electrons. The molecule has 0 bridgehead atoms. The van der Waals surface area contributed by atoms with Gasteiger partial charge < -0.3 is 10.5 Å². The zero-order chi connectivity index (χ0) is 15.6. The van der Waals surface area contributed by atoms with E-state index in [9.17, 15) is 8.42 Å². The molecule has 112 valence electrons. The highest BCUT2D eigenvalue weighted by Gasteiger charge is 2.20. The van der Waals surface area contributed by atoms with Crippen molar-refractivity contribution in [1.82, 2.24) is 0 Å². The molecule has 2 N–H and O–H groups in total. The van der Waals surface area contributed by atoms with Gasteiger partial charge in [-0.2, -0.15) is 0 Å². The summed E-state index contributed by atoms with van der Waals surface area (Å²) in [5, 5.41) is 0.456. The van der Waals surface area contributed by atoms with Gasteiger partial charge in [0.2, 0.25) is 0 Å². The van der Waals surface area contributed by atoms with Crippen LogP contribution in [0.25, 0.3) is 0 Å². The van der Waals surface area contributed by atoms with Crippen molar-refractivity contribution >= 4 is 27.1 Å². The van der Waals surface area contributed by atoms with E-state index < -0.39 is 9.84 Å². The van der Waals surface area contributed by atoms with E-state index in [1.165, 1.54) is 13.2 Å². The number of hydrogen-bond acceptors (Lipinski definition) is 4. The van der Waals surface area contributed by atoms with Crippen molar-refractivity contribution in [2.45, 2.75) is 17.6 Å². The van der Waals surface area contributed by atoms with E-state index in [1.54, 1.807) is 30.3 Å². The minimum atomic E-state index is -3.57. The van der Waals surface area contributed by atoms with Gasteiger partial charge in [-0.15, -0.1) is 0 Å². The summed E-state index contributed by atoms with van der Waals surface area (Å²) in [6, 6.07) is 9.77. The Hall–Kier alpha value is -1.72. The number of halogens is 1. The summed E-state index contributed by atoms with van der Waals surface area (Å²) in [5.74, 6) is 0.262. The third-order valence-corrected chi connectivity index (χ3v) is 5.06. The lowest BCUT2D eigenvalue weighted by Crippen LogP contribution is -2.09. The number of methoxy groups -OCH3 is 1. The van der Waals surface area contributed by atoms with E-state index >= 15 is 0 Å². The van der Waals surface area contributed by atoms with Crippen LogP contribution in [0.2, 0.25) is 5.02 Å². The second-order valence-corrected chi connectivity index (χ2v) is 7.15. The smallest absolute Gasteiger partial charge is 0.184 e. The van der Waals surface area contributed by atoms with Crippen LogP contribution in [-0.2, 0) is 15.6 Å². The fourth-order valence-corrected chi connectivity index (χ4v) is 3.77. The first-order valence-electron chi connectivity index (χ1n) is 6.25. The maximum Gasteiger partial charge on any atom is 0.184 e. The molecular weight excluding hydrogens is 310 g/mol. The van der Waals surface area contributed by atoms with Crippen LogP contribution < -0.4 is 10.5 Å². The molecule has 4 nitrogen and oxygen atoms in total. The van der Waals surface area contributed by atoms with Crippen LogP contribution in [0, 0.1) is 6.92 Å². The van der Waals surface area contributed by atoms with Crippen molar-refractivity contribution in [3.63, 3.8) is 0 Å². The molecule has 0 atom stereocenters. The molecule has 0 spiro atoms. The molecule has 0 unspecified atom stereocenters. The van der Waals surface area contributed by atoms with Gasteiger partial charge >= 0.3 is 0 Å². The van der Waals surface area contributed by atoms with Crippen molar-refractivity contribution in [3.8, 4) is 5.75 Å². The molecule has 0 aromatic heterocycles. The van der Waals surface area contributed by atoms with Crippen LogP contribution in [0.15, 0.2) is 41.3 Å². The molecule has 0 aliphatic rings. The Morgan fingerprint density at radius 2 is 1.90 bits per heavy atom. The molecule has 0 amide bonds. The number of anilines is 1. The second-order valence-electron chi connectivity index (χ2n) is 4.76. The van der Waals surface area contributed by atoms with Gasteiger partial charge in [-0.3, -0.25) is 0 Å². The SMILES string of the molecule is COc1ccc(Cl)cc1CS(=O)(=O)c1ccc(C)cc1N. The summed E-state index contributed by atoms with van der Waals surface area (Å²) in [7, 11) is -2.09.